The molecular formula is C41H48F3N5O6. The highest BCUT2D eigenvalue weighted by atomic mass is 19.4. The van der Waals surface area contributed by atoms with E-state index in [0.29, 0.717) is 36.6 Å². The molecule has 4 N–H and O–H groups in total. The normalized spacial score (nSPS) is 19.0. The predicted octanol–water partition coefficient (Wildman–Crippen LogP) is 8.46. The van der Waals surface area contributed by atoms with Crippen molar-refractivity contribution in [2.24, 2.45) is 5.92 Å². The number of carbonyl (C=O) groups excluding carboxylic acids is 3. The Hall–Kier alpha value is -5.34. The zero-order valence-electron chi connectivity index (χ0n) is 31.4. The van der Waals surface area contributed by atoms with Crippen molar-refractivity contribution >= 4 is 45.8 Å². The molecule has 0 spiro atoms. The summed E-state index contributed by atoms with van der Waals surface area (Å²) in [6.07, 6.45) is -3.18. The van der Waals surface area contributed by atoms with Crippen molar-refractivity contribution in [1.29, 1.82) is 0 Å². The molecule has 5 amide bonds. The van der Waals surface area contributed by atoms with Crippen LogP contribution in [0.15, 0.2) is 84.9 Å². The maximum Gasteiger partial charge on any atom is 0.416 e. The second-order valence-electron chi connectivity index (χ2n) is 14.0. The molecule has 1 heterocycles. The summed E-state index contributed by atoms with van der Waals surface area (Å²) < 4.78 is 51.7. The summed E-state index contributed by atoms with van der Waals surface area (Å²) >= 11 is 0. The van der Waals surface area contributed by atoms with Gasteiger partial charge in [-0.25, -0.2) is 9.59 Å². The SMILES string of the molecule is C[C@H]1CCCCO[C@@H](CN(C)C(=O)Nc2ccc(C(F)(F)F)cc2)[C@@H](C)CN([C@@H](C)CO)C(=O)c2cc(NC(=O)Nc3cccc4ccccc34)ccc2O1. The molecule has 11 nitrogen and oxygen atoms in total. The summed E-state index contributed by atoms with van der Waals surface area (Å²) in [5.41, 5.74) is 0.556. The van der Waals surface area contributed by atoms with Gasteiger partial charge in [-0.3, -0.25) is 4.79 Å². The van der Waals surface area contributed by atoms with Crippen LogP contribution in [0, 0.1) is 5.92 Å². The fourth-order valence-corrected chi connectivity index (χ4v) is 6.40. The zero-order chi connectivity index (χ0) is 39.7. The second-order valence-corrected chi connectivity index (χ2v) is 14.0. The van der Waals surface area contributed by atoms with Crippen molar-refractivity contribution in [1.82, 2.24) is 9.80 Å². The molecule has 0 saturated heterocycles. The lowest BCUT2D eigenvalue weighted by molar-refractivity contribution is -0.137. The minimum atomic E-state index is -4.50. The van der Waals surface area contributed by atoms with E-state index in [1.165, 1.54) is 21.9 Å². The highest BCUT2D eigenvalue weighted by molar-refractivity contribution is 6.07. The third kappa shape index (κ3) is 10.9. The van der Waals surface area contributed by atoms with E-state index in [-0.39, 0.29) is 43.0 Å². The molecule has 4 aromatic rings. The van der Waals surface area contributed by atoms with Gasteiger partial charge < -0.3 is 40.3 Å². The van der Waals surface area contributed by atoms with E-state index in [9.17, 15) is 32.7 Å². The van der Waals surface area contributed by atoms with E-state index < -0.39 is 41.9 Å². The van der Waals surface area contributed by atoms with E-state index in [1.54, 1.807) is 38.2 Å². The van der Waals surface area contributed by atoms with Crippen LogP contribution in [-0.4, -0.2) is 84.5 Å². The average molecular weight is 764 g/mol. The number of anilines is 3. The van der Waals surface area contributed by atoms with Gasteiger partial charge in [0.1, 0.15) is 5.75 Å². The molecule has 0 fully saturated rings. The smallest absolute Gasteiger partial charge is 0.416 e. The Morgan fingerprint density at radius 2 is 1.65 bits per heavy atom. The average Bonchev–Trinajstić information content (AvgIpc) is 3.15. The van der Waals surface area contributed by atoms with E-state index in [2.05, 4.69) is 16.0 Å². The van der Waals surface area contributed by atoms with Crippen molar-refractivity contribution in [3.05, 3.63) is 96.1 Å². The number of alkyl halides is 3. The summed E-state index contributed by atoms with van der Waals surface area (Å²) in [6.45, 7) is 5.80. The summed E-state index contributed by atoms with van der Waals surface area (Å²) in [7, 11) is 1.56. The number of nitrogens with zero attached hydrogens (tertiary/aromatic N) is 2. The van der Waals surface area contributed by atoms with E-state index in [1.807, 2.05) is 50.2 Å². The molecule has 0 aromatic heterocycles. The minimum absolute atomic E-state index is 0.110. The Morgan fingerprint density at radius 3 is 2.38 bits per heavy atom. The van der Waals surface area contributed by atoms with Crippen LogP contribution in [0.3, 0.4) is 0 Å². The lowest BCUT2D eigenvalue weighted by Crippen LogP contribution is -2.48. The van der Waals surface area contributed by atoms with Gasteiger partial charge in [0.05, 0.1) is 41.7 Å². The molecule has 1 aliphatic rings. The Morgan fingerprint density at radius 1 is 0.945 bits per heavy atom. The fourth-order valence-electron chi connectivity index (χ4n) is 6.40. The molecule has 0 unspecified atom stereocenters. The summed E-state index contributed by atoms with van der Waals surface area (Å²) in [4.78, 5) is 43.8. The van der Waals surface area contributed by atoms with Gasteiger partial charge >= 0.3 is 18.2 Å². The fraction of sp³-hybridized carbons (Fsp3) is 0.390. The van der Waals surface area contributed by atoms with Crippen LogP contribution in [0.25, 0.3) is 10.8 Å². The van der Waals surface area contributed by atoms with Gasteiger partial charge in [0.2, 0.25) is 0 Å². The molecule has 55 heavy (non-hydrogen) atoms. The van der Waals surface area contributed by atoms with Gasteiger partial charge in [-0.15, -0.1) is 0 Å². The molecule has 14 heteroatoms. The van der Waals surface area contributed by atoms with Crippen molar-refractivity contribution in [3.63, 3.8) is 0 Å². The first kappa shape index (κ1) is 40.8. The van der Waals surface area contributed by atoms with Gasteiger partial charge in [0, 0.05) is 49.4 Å². The van der Waals surface area contributed by atoms with Crippen LogP contribution in [0.5, 0.6) is 5.75 Å². The number of carbonyl (C=O) groups is 3. The summed E-state index contributed by atoms with van der Waals surface area (Å²) in [5.74, 6) is -0.443. The number of nitrogens with one attached hydrogen (secondary N) is 3. The van der Waals surface area contributed by atoms with Gasteiger partial charge in [0.15, 0.2) is 0 Å². The maximum absolute atomic E-state index is 14.5. The Kier molecular flexibility index (Phi) is 13.6. The van der Waals surface area contributed by atoms with E-state index in [4.69, 9.17) is 9.47 Å². The molecule has 0 bridgehead atoms. The summed E-state index contributed by atoms with van der Waals surface area (Å²) in [6, 6.07) is 20.7. The number of ether oxygens (including phenoxy) is 2. The van der Waals surface area contributed by atoms with Gasteiger partial charge in [-0.05, 0) is 87.0 Å². The largest absolute Gasteiger partial charge is 0.490 e. The topological polar surface area (TPSA) is 132 Å². The minimum Gasteiger partial charge on any atom is -0.490 e. The number of halogens is 3. The summed E-state index contributed by atoms with van der Waals surface area (Å²) in [5, 5.41) is 20.5. The second kappa shape index (κ2) is 18.3. The first-order valence-electron chi connectivity index (χ1n) is 18.3. The first-order chi connectivity index (χ1) is 26.2. The van der Waals surface area contributed by atoms with Crippen molar-refractivity contribution in [3.8, 4) is 5.75 Å². The maximum atomic E-state index is 14.5. The van der Waals surface area contributed by atoms with Crippen LogP contribution in [0.2, 0.25) is 0 Å². The number of hydrogen-bond donors (Lipinski definition) is 4. The molecule has 4 aromatic carbocycles. The molecule has 0 radical (unpaired) electrons. The molecule has 4 atom stereocenters. The highest BCUT2D eigenvalue weighted by Gasteiger charge is 2.32. The number of aliphatic hydroxyl groups excluding tert-OH is 1. The number of fused-ring (bicyclic) bond motifs is 2. The number of aliphatic hydroxyl groups is 1. The van der Waals surface area contributed by atoms with Crippen LogP contribution >= 0.6 is 0 Å². The highest BCUT2D eigenvalue weighted by Crippen LogP contribution is 2.31. The zero-order valence-corrected chi connectivity index (χ0v) is 31.4. The molecule has 1 aliphatic heterocycles. The number of amides is 5. The van der Waals surface area contributed by atoms with Crippen LogP contribution in [0.4, 0.5) is 39.8 Å². The molecule has 0 saturated carbocycles. The number of hydrogen-bond acceptors (Lipinski definition) is 6. The Labute approximate surface area is 318 Å². The Bertz CT molecular complexity index is 1940. The van der Waals surface area contributed by atoms with Crippen molar-refractivity contribution in [2.75, 3.05) is 49.3 Å². The molecule has 5 rings (SSSR count). The van der Waals surface area contributed by atoms with Gasteiger partial charge in [-0.2, -0.15) is 13.2 Å². The molecular weight excluding hydrogens is 715 g/mol. The number of rotatable bonds is 7. The number of benzene rings is 4. The first-order valence-corrected chi connectivity index (χ1v) is 18.3. The predicted molar refractivity (Wildman–Crippen MR) is 207 cm³/mol. The quantitative estimate of drug-likeness (QED) is 0.149. The van der Waals surface area contributed by atoms with Crippen LogP contribution < -0.4 is 20.7 Å². The third-order valence-electron chi connectivity index (χ3n) is 9.61. The lowest BCUT2D eigenvalue weighted by Gasteiger charge is -2.35. The molecule has 0 aliphatic carbocycles. The monoisotopic (exact) mass is 763 g/mol. The van der Waals surface area contributed by atoms with Gasteiger partial charge in [0.25, 0.3) is 5.91 Å². The van der Waals surface area contributed by atoms with Crippen molar-refractivity contribution < 1.29 is 42.1 Å². The van der Waals surface area contributed by atoms with E-state index >= 15 is 0 Å². The van der Waals surface area contributed by atoms with E-state index in [0.717, 1.165) is 29.3 Å². The molecule has 294 valence electrons. The van der Waals surface area contributed by atoms with Crippen LogP contribution in [0.1, 0.15) is 56.0 Å². The standard InChI is InChI=1S/C41H48F3N5O6/c1-26-23-49(27(2)25-50)38(51)34-22-32(45-39(52)47-35-14-9-12-29-11-5-6-13-33(29)35)19-20-36(34)55-28(3)10-7-8-21-54-37(26)24-48(4)40(53)46-31-17-15-30(16-18-31)41(42,43)44/h5-6,9,11-20,22,26-28,37,50H,7-8,10,21,23-25H2,1-4H3,(H,46,53)(H2,45,47,52)/t26-,27-,28-,37-/m0/s1. The van der Waals surface area contributed by atoms with Gasteiger partial charge in [-0.1, -0.05) is 43.3 Å². The van der Waals surface area contributed by atoms with Crippen molar-refractivity contribution in [2.45, 2.75) is 64.5 Å². The lowest BCUT2D eigenvalue weighted by atomic mass is 10.0. The number of likely N-dealkylation sites (N-methyl/N-ethyl adjacent to an activating group) is 1. The third-order valence-corrected chi connectivity index (χ3v) is 9.61. The number of urea groups is 2. The van der Waals surface area contributed by atoms with Crippen LogP contribution in [-0.2, 0) is 10.9 Å². The Balaban J connectivity index is 1.35.